The number of carbonyl (C=O) groups is 2. The summed E-state index contributed by atoms with van der Waals surface area (Å²) in [7, 11) is 0. The third-order valence-corrected chi connectivity index (χ3v) is 4.94. The van der Waals surface area contributed by atoms with Crippen LogP contribution in [0.25, 0.3) is 10.6 Å². The van der Waals surface area contributed by atoms with Crippen LogP contribution in [0.1, 0.15) is 44.1 Å². The SMILES string of the molecule is CCOC(=O)c1sc(-c2ccc(C(=O)NCc3cc(C)on3)cc2)nc1C. The van der Waals surface area contributed by atoms with Gasteiger partial charge < -0.3 is 14.6 Å². The average Bonchev–Trinajstić information content (AvgIpc) is 3.25. The third kappa shape index (κ3) is 4.40. The number of ether oxygens (including phenoxy) is 1. The van der Waals surface area contributed by atoms with E-state index in [1.165, 1.54) is 11.3 Å². The van der Waals surface area contributed by atoms with E-state index in [2.05, 4.69) is 15.5 Å². The summed E-state index contributed by atoms with van der Waals surface area (Å²) in [5, 5.41) is 7.34. The Morgan fingerprint density at radius 3 is 2.59 bits per heavy atom. The lowest BCUT2D eigenvalue weighted by Gasteiger charge is -2.04. The van der Waals surface area contributed by atoms with E-state index in [9.17, 15) is 9.59 Å². The molecule has 3 aromatic rings. The molecule has 0 spiro atoms. The van der Waals surface area contributed by atoms with Gasteiger partial charge in [0.1, 0.15) is 21.3 Å². The summed E-state index contributed by atoms with van der Waals surface area (Å²) >= 11 is 1.28. The number of benzene rings is 1. The molecule has 0 aliphatic rings. The number of thiazole rings is 1. The van der Waals surface area contributed by atoms with E-state index in [4.69, 9.17) is 9.26 Å². The first kappa shape index (κ1) is 18.8. The zero-order valence-corrected chi connectivity index (χ0v) is 16.1. The van der Waals surface area contributed by atoms with Crippen LogP contribution < -0.4 is 5.32 Å². The van der Waals surface area contributed by atoms with Gasteiger partial charge >= 0.3 is 5.97 Å². The first-order valence-corrected chi connectivity index (χ1v) is 9.25. The monoisotopic (exact) mass is 385 g/mol. The van der Waals surface area contributed by atoms with Crippen LogP contribution in [0.4, 0.5) is 0 Å². The van der Waals surface area contributed by atoms with Crippen LogP contribution in [0.15, 0.2) is 34.9 Å². The van der Waals surface area contributed by atoms with Crippen molar-refractivity contribution in [1.29, 1.82) is 0 Å². The zero-order chi connectivity index (χ0) is 19.4. The van der Waals surface area contributed by atoms with E-state index in [0.717, 1.165) is 5.56 Å². The van der Waals surface area contributed by atoms with Crippen LogP contribution in [0.5, 0.6) is 0 Å². The van der Waals surface area contributed by atoms with E-state index in [0.29, 0.717) is 45.7 Å². The Morgan fingerprint density at radius 1 is 1.22 bits per heavy atom. The molecule has 0 bridgehead atoms. The minimum atomic E-state index is -0.363. The fourth-order valence-corrected chi connectivity index (χ4v) is 3.41. The van der Waals surface area contributed by atoms with Crippen molar-refractivity contribution in [2.75, 3.05) is 6.61 Å². The molecule has 3 rings (SSSR count). The average molecular weight is 385 g/mol. The summed E-state index contributed by atoms with van der Waals surface area (Å²) in [4.78, 5) is 29.1. The number of rotatable bonds is 6. The summed E-state index contributed by atoms with van der Waals surface area (Å²) in [5.41, 5.74) is 2.67. The maximum atomic E-state index is 12.2. The first-order valence-electron chi connectivity index (χ1n) is 8.43. The van der Waals surface area contributed by atoms with Crippen LogP contribution in [0, 0.1) is 13.8 Å². The van der Waals surface area contributed by atoms with Gasteiger partial charge in [-0.1, -0.05) is 17.3 Å². The molecule has 0 saturated heterocycles. The summed E-state index contributed by atoms with van der Waals surface area (Å²) in [6, 6.07) is 8.83. The van der Waals surface area contributed by atoms with E-state index in [1.54, 1.807) is 39.0 Å². The van der Waals surface area contributed by atoms with Gasteiger partial charge in [-0.3, -0.25) is 4.79 Å². The highest BCUT2D eigenvalue weighted by atomic mass is 32.1. The molecule has 27 heavy (non-hydrogen) atoms. The van der Waals surface area contributed by atoms with E-state index in [-0.39, 0.29) is 11.9 Å². The fraction of sp³-hybridized carbons (Fsp3) is 0.263. The lowest BCUT2D eigenvalue weighted by molar-refractivity contribution is 0.0531. The molecule has 0 aliphatic carbocycles. The van der Waals surface area contributed by atoms with Gasteiger partial charge in [-0.05, 0) is 32.9 Å². The Balaban J connectivity index is 1.68. The summed E-state index contributed by atoms with van der Waals surface area (Å²) in [5.74, 6) is 0.132. The number of hydrogen-bond acceptors (Lipinski definition) is 7. The van der Waals surface area contributed by atoms with E-state index < -0.39 is 0 Å². The van der Waals surface area contributed by atoms with Crippen LogP contribution >= 0.6 is 11.3 Å². The molecule has 8 heteroatoms. The van der Waals surface area contributed by atoms with Gasteiger partial charge in [-0.25, -0.2) is 9.78 Å². The lowest BCUT2D eigenvalue weighted by Crippen LogP contribution is -2.22. The minimum Gasteiger partial charge on any atom is -0.462 e. The predicted octanol–water partition coefficient (Wildman–Crippen LogP) is 3.52. The number of nitrogens with zero attached hydrogens (tertiary/aromatic N) is 2. The molecule has 1 amide bonds. The quantitative estimate of drug-likeness (QED) is 0.653. The number of aromatic nitrogens is 2. The second-order valence-electron chi connectivity index (χ2n) is 5.84. The van der Waals surface area contributed by atoms with Crippen LogP contribution in [0.3, 0.4) is 0 Å². The van der Waals surface area contributed by atoms with Crippen molar-refractivity contribution in [3.63, 3.8) is 0 Å². The molecule has 0 saturated carbocycles. The molecule has 2 aromatic heterocycles. The normalized spacial score (nSPS) is 10.6. The van der Waals surface area contributed by atoms with Gasteiger partial charge in [0.15, 0.2) is 0 Å². The Bertz CT molecular complexity index is 960. The summed E-state index contributed by atoms with van der Waals surface area (Å²) in [6.45, 7) is 5.96. The maximum absolute atomic E-state index is 12.2. The Hall–Kier alpha value is -3.00. The molecule has 0 fully saturated rings. The molecular weight excluding hydrogens is 366 g/mol. The predicted molar refractivity (Wildman–Crippen MR) is 101 cm³/mol. The Kier molecular flexibility index (Phi) is 5.66. The number of carbonyl (C=O) groups excluding carboxylic acids is 2. The number of nitrogens with one attached hydrogen (secondary N) is 1. The molecule has 0 atom stereocenters. The summed E-state index contributed by atoms with van der Waals surface area (Å²) in [6.07, 6.45) is 0. The van der Waals surface area contributed by atoms with Crippen molar-refractivity contribution < 1.29 is 18.8 Å². The molecule has 2 heterocycles. The van der Waals surface area contributed by atoms with Crippen molar-refractivity contribution in [3.8, 4) is 10.6 Å². The van der Waals surface area contributed by atoms with Crippen LogP contribution in [-0.4, -0.2) is 28.6 Å². The van der Waals surface area contributed by atoms with Crippen molar-refractivity contribution >= 4 is 23.2 Å². The zero-order valence-electron chi connectivity index (χ0n) is 15.2. The number of esters is 1. The van der Waals surface area contributed by atoms with E-state index >= 15 is 0 Å². The molecule has 0 radical (unpaired) electrons. The van der Waals surface area contributed by atoms with Gasteiger partial charge in [0.2, 0.25) is 0 Å². The highest BCUT2D eigenvalue weighted by molar-refractivity contribution is 7.17. The lowest BCUT2D eigenvalue weighted by atomic mass is 10.1. The third-order valence-electron chi connectivity index (χ3n) is 3.76. The molecule has 7 nitrogen and oxygen atoms in total. The molecular formula is C19H19N3O4S. The smallest absolute Gasteiger partial charge is 0.350 e. The highest BCUT2D eigenvalue weighted by Gasteiger charge is 2.17. The molecule has 1 N–H and O–H groups in total. The topological polar surface area (TPSA) is 94.3 Å². The highest BCUT2D eigenvalue weighted by Crippen LogP contribution is 2.28. The fourth-order valence-electron chi connectivity index (χ4n) is 2.44. The Labute approximate surface area is 160 Å². The largest absolute Gasteiger partial charge is 0.462 e. The number of hydrogen-bond donors (Lipinski definition) is 1. The second-order valence-corrected chi connectivity index (χ2v) is 6.84. The van der Waals surface area contributed by atoms with Gasteiger partial charge in [0.25, 0.3) is 5.91 Å². The summed E-state index contributed by atoms with van der Waals surface area (Å²) < 4.78 is 10.0. The van der Waals surface area contributed by atoms with Crippen LogP contribution in [0.2, 0.25) is 0 Å². The molecule has 0 unspecified atom stereocenters. The van der Waals surface area contributed by atoms with Gasteiger partial charge in [-0.15, -0.1) is 11.3 Å². The number of amides is 1. The van der Waals surface area contributed by atoms with Gasteiger partial charge in [0.05, 0.1) is 18.8 Å². The first-order chi connectivity index (χ1) is 13.0. The van der Waals surface area contributed by atoms with Crippen molar-refractivity contribution in [1.82, 2.24) is 15.5 Å². The Morgan fingerprint density at radius 2 is 1.96 bits per heavy atom. The van der Waals surface area contributed by atoms with Crippen LogP contribution in [-0.2, 0) is 11.3 Å². The number of aryl methyl sites for hydroxylation is 2. The molecule has 1 aromatic carbocycles. The van der Waals surface area contributed by atoms with E-state index in [1.807, 2.05) is 12.1 Å². The van der Waals surface area contributed by atoms with Crippen molar-refractivity contribution in [2.24, 2.45) is 0 Å². The molecule has 0 aliphatic heterocycles. The van der Waals surface area contributed by atoms with Gasteiger partial charge in [0, 0.05) is 17.2 Å². The van der Waals surface area contributed by atoms with Gasteiger partial charge in [-0.2, -0.15) is 0 Å². The van der Waals surface area contributed by atoms with Crippen molar-refractivity contribution in [2.45, 2.75) is 27.3 Å². The molecule has 140 valence electrons. The van der Waals surface area contributed by atoms with Crippen molar-refractivity contribution in [3.05, 3.63) is 57.9 Å². The maximum Gasteiger partial charge on any atom is 0.350 e. The minimum absolute atomic E-state index is 0.204. The second kappa shape index (κ2) is 8.13. The standard InChI is InChI=1S/C19H19N3O4S/c1-4-25-19(24)16-12(3)21-18(27-16)14-7-5-13(6-8-14)17(23)20-10-15-9-11(2)26-22-15/h5-9H,4,10H2,1-3H3,(H,20,23).